The quantitative estimate of drug-likeness (QED) is 0.803. The maximum atomic E-state index is 12.1. The molecular weight excluding hydrogens is 232 g/mol. The number of carbonyl (C=O) groups is 1. The third-order valence-electron chi connectivity index (χ3n) is 3.20. The molecule has 1 aromatic heterocycles. The Morgan fingerprint density at radius 3 is 2.89 bits per heavy atom. The minimum Gasteiger partial charge on any atom is -0.378 e. The van der Waals surface area contributed by atoms with Crippen LogP contribution >= 0.6 is 0 Å². The van der Waals surface area contributed by atoms with E-state index in [2.05, 4.69) is 10.3 Å². The molecule has 2 rings (SSSR count). The first-order valence-corrected chi connectivity index (χ1v) is 6.23. The number of aromatic nitrogens is 2. The van der Waals surface area contributed by atoms with Gasteiger partial charge in [-0.25, -0.2) is 4.98 Å². The number of nitrogens with one attached hydrogen (secondary N) is 1. The van der Waals surface area contributed by atoms with Crippen LogP contribution in [0.25, 0.3) is 0 Å². The van der Waals surface area contributed by atoms with E-state index in [1.54, 1.807) is 12.5 Å². The zero-order chi connectivity index (χ0) is 13.0. The molecule has 18 heavy (non-hydrogen) atoms. The Morgan fingerprint density at radius 2 is 2.28 bits per heavy atom. The number of hydrogen-bond donors (Lipinski definition) is 1. The van der Waals surface area contributed by atoms with E-state index in [4.69, 9.17) is 4.74 Å². The van der Waals surface area contributed by atoms with Gasteiger partial charge in [-0.05, 0) is 6.92 Å². The summed E-state index contributed by atoms with van der Waals surface area (Å²) in [6, 6.07) is -0.182. The second-order valence-corrected chi connectivity index (χ2v) is 4.54. The van der Waals surface area contributed by atoms with Crippen LogP contribution in [0, 0.1) is 0 Å². The average molecular weight is 252 g/mol. The molecule has 1 unspecified atom stereocenters. The van der Waals surface area contributed by atoms with E-state index in [1.165, 1.54) is 0 Å². The maximum absolute atomic E-state index is 12.1. The highest BCUT2D eigenvalue weighted by molar-refractivity contribution is 5.81. The number of aryl methyl sites for hydroxylation is 1. The van der Waals surface area contributed by atoms with Crippen LogP contribution in [0.15, 0.2) is 12.5 Å². The van der Waals surface area contributed by atoms with Crippen molar-refractivity contribution in [2.75, 3.05) is 26.3 Å². The molecule has 100 valence electrons. The molecule has 1 atom stereocenters. The summed E-state index contributed by atoms with van der Waals surface area (Å²) < 4.78 is 7.18. The highest BCUT2D eigenvalue weighted by Gasteiger charge is 2.21. The third-order valence-corrected chi connectivity index (χ3v) is 3.20. The summed E-state index contributed by atoms with van der Waals surface area (Å²) in [5.41, 5.74) is 1.07. The molecule has 0 saturated carbocycles. The lowest BCUT2D eigenvalue weighted by Crippen LogP contribution is -2.49. The lowest BCUT2D eigenvalue weighted by Gasteiger charge is -2.29. The zero-order valence-corrected chi connectivity index (χ0v) is 10.9. The summed E-state index contributed by atoms with van der Waals surface area (Å²) in [5, 5.41) is 3.23. The lowest BCUT2D eigenvalue weighted by molar-refractivity contribution is -0.137. The molecule has 0 aromatic carbocycles. The fraction of sp³-hybridized carbons (Fsp3) is 0.667. The topological polar surface area (TPSA) is 59.4 Å². The first-order chi connectivity index (χ1) is 8.68. The summed E-state index contributed by atoms with van der Waals surface area (Å²) in [6.45, 7) is 5.20. The van der Waals surface area contributed by atoms with Crippen LogP contribution in [0.1, 0.15) is 12.6 Å². The fourth-order valence-electron chi connectivity index (χ4n) is 1.96. The number of hydrogen-bond acceptors (Lipinski definition) is 4. The summed E-state index contributed by atoms with van der Waals surface area (Å²) in [5.74, 6) is 0.139. The minimum absolute atomic E-state index is 0.139. The Morgan fingerprint density at radius 1 is 1.56 bits per heavy atom. The van der Waals surface area contributed by atoms with E-state index in [9.17, 15) is 4.79 Å². The van der Waals surface area contributed by atoms with Gasteiger partial charge in [-0.1, -0.05) is 0 Å². The Hall–Kier alpha value is -1.40. The molecule has 0 aliphatic carbocycles. The molecule has 0 bridgehead atoms. The van der Waals surface area contributed by atoms with Crippen molar-refractivity contribution >= 4 is 5.91 Å². The van der Waals surface area contributed by atoms with Crippen molar-refractivity contribution in [1.29, 1.82) is 0 Å². The van der Waals surface area contributed by atoms with Gasteiger partial charge in [-0.3, -0.25) is 4.79 Å². The van der Waals surface area contributed by atoms with Crippen LogP contribution in [-0.2, 0) is 23.1 Å². The van der Waals surface area contributed by atoms with Crippen molar-refractivity contribution in [2.24, 2.45) is 7.05 Å². The molecule has 1 aliphatic rings. The number of amides is 1. The van der Waals surface area contributed by atoms with Gasteiger partial charge >= 0.3 is 0 Å². The monoisotopic (exact) mass is 252 g/mol. The van der Waals surface area contributed by atoms with Gasteiger partial charge in [0, 0.05) is 32.9 Å². The Kier molecular flexibility index (Phi) is 4.33. The van der Waals surface area contributed by atoms with E-state index < -0.39 is 0 Å². The number of imidazole rings is 1. The van der Waals surface area contributed by atoms with Crippen LogP contribution in [0.4, 0.5) is 0 Å². The van der Waals surface area contributed by atoms with Crippen molar-refractivity contribution in [2.45, 2.75) is 19.5 Å². The first-order valence-electron chi connectivity index (χ1n) is 6.23. The summed E-state index contributed by atoms with van der Waals surface area (Å²) in [6.07, 6.45) is 3.56. The van der Waals surface area contributed by atoms with Crippen LogP contribution in [0.5, 0.6) is 0 Å². The summed E-state index contributed by atoms with van der Waals surface area (Å²) in [4.78, 5) is 18.0. The predicted octanol–water partition coefficient (Wildman–Crippen LogP) is -0.243. The van der Waals surface area contributed by atoms with E-state index in [0.29, 0.717) is 32.8 Å². The molecule has 1 aliphatic heterocycles. The van der Waals surface area contributed by atoms with E-state index in [-0.39, 0.29) is 11.9 Å². The summed E-state index contributed by atoms with van der Waals surface area (Å²) in [7, 11) is 1.94. The van der Waals surface area contributed by atoms with Crippen molar-refractivity contribution < 1.29 is 9.53 Å². The average Bonchev–Trinajstić information content (AvgIpc) is 2.81. The molecule has 1 saturated heterocycles. The predicted molar refractivity (Wildman–Crippen MR) is 66.9 cm³/mol. The maximum Gasteiger partial charge on any atom is 0.239 e. The SMILES string of the molecule is CC(NCc1cncn1C)C(=O)N1CCOCC1. The second-order valence-electron chi connectivity index (χ2n) is 4.54. The molecule has 1 aromatic rings. The Bertz CT molecular complexity index is 399. The van der Waals surface area contributed by atoms with Gasteiger partial charge in [0.05, 0.1) is 31.3 Å². The van der Waals surface area contributed by atoms with E-state index >= 15 is 0 Å². The fourth-order valence-corrected chi connectivity index (χ4v) is 1.96. The standard InChI is InChI=1S/C12H20N4O2/c1-10(12(17)16-3-5-18-6-4-16)14-8-11-7-13-9-15(11)2/h7,9-10,14H,3-6,8H2,1-2H3. The van der Waals surface area contributed by atoms with Gasteiger partial charge in [0.15, 0.2) is 0 Å². The van der Waals surface area contributed by atoms with Gasteiger partial charge in [0.25, 0.3) is 0 Å². The highest BCUT2D eigenvalue weighted by atomic mass is 16.5. The van der Waals surface area contributed by atoms with E-state index in [0.717, 1.165) is 5.69 Å². The second kappa shape index (κ2) is 5.97. The van der Waals surface area contributed by atoms with Gasteiger partial charge in [0.1, 0.15) is 0 Å². The van der Waals surface area contributed by atoms with Crippen LogP contribution < -0.4 is 5.32 Å². The molecule has 1 amide bonds. The van der Waals surface area contributed by atoms with Gasteiger partial charge in [-0.2, -0.15) is 0 Å². The zero-order valence-electron chi connectivity index (χ0n) is 10.9. The Labute approximate surface area is 107 Å². The number of carbonyl (C=O) groups excluding carboxylic acids is 1. The van der Waals surface area contributed by atoms with Gasteiger partial charge < -0.3 is 19.5 Å². The molecule has 2 heterocycles. The molecule has 1 N–H and O–H groups in total. The van der Waals surface area contributed by atoms with E-state index in [1.807, 2.05) is 23.4 Å². The van der Waals surface area contributed by atoms with Crippen LogP contribution in [0.2, 0.25) is 0 Å². The molecular formula is C12H20N4O2. The third kappa shape index (κ3) is 3.08. The van der Waals surface area contributed by atoms with Crippen LogP contribution in [0.3, 0.4) is 0 Å². The van der Waals surface area contributed by atoms with Crippen molar-refractivity contribution in [1.82, 2.24) is 19.8 Å². The lowest BCUT2D eigenvalue weighted by atomic mass is 10.2. The number of rotatable bonds is 4. The molecule has 1 fully saturated rings. The normalized spacial score (nSPS) is 17.8. The van der Waals surface area contributed by atoms with Crippen molar-refractivity contribution in [3.8, 4) is 0 Å². The van der Waals surface area contributed by atoms with Crippen molar-refractivity contribution in [3.63, 3.8) is 0 Å². The van der Waals surface area contributed by atoms with Crippen molar-refractivity contribution in [3.05, 3.63) is 18.2 Å². The number of ether oxygens (including phenoxy) is 1. The van der Waals surface area contributed by atoms with Crippen LogP contribution in [-0.4, -0.2) is 52.7 Å². The summed E-state index contributed by atoms with van der Waals surface area (Å²) >= 11 is 0. The van der Waals surface area contributed by atoms with Gasteiger partial charge in [0.2, 0.25) is 5.91 Å². The molecule has 6 nitrogen and oxygen atoms in total. The molecule has 0 radical (unpaired) electrons. The number of nitrogens with zero attached hydrogens (tertiary/aromatic N) is 3. The minimum atomic E-state index is -0.182. The highest BCUT2D eigenvalue weighted by Crippen LogP contribution is 2.02. The Balaban J connectivity index is 1.82. The molecule has 6 heteroatoms. The number of morpholine rings is 1. The van der Waals surface area contributed by atoms with Gasteiger partial charge in [-0.15, -0.1) is 0 Å². The first kappa shape index (κ1) is 13.0. The molecule has 0 spiro atoms. The largest absolute Gasteiger partial charge is 0.378 e. The smallest absolute Gasteiger partial charge is 0.239 e.